The highest BCUT2D eigenvalue weighted by Gasteiger charge is 2.22. The van der Waals surface area contributed by atoms with Crippen LogP contribution in [0.1, 0.15) is 18.0 Å². The smallest absolute Gasteiger partial charge is 0.179 e. The van der Waals surface area contributed by atoms with E-state index in [4.69, 9.17) is 31.7 Å². The van der Waals surface area contributed by atoms with Crippen LogP contribution in [0.2, 0.25) is 5.02 Å². The maximum absolute atomic E-state index is 6.19. The fourth-order valence-corrected chi connectivity index (χ4v) is 2.38. The molecule has 6 heteroatoms. The lowest BCUT2D eigenvalue weighted by Gasteiger charge is -2.20. The molecule has 0 bridgehead atoms. The molecule has 0 radical (unpaired) electrons. The van der Waals surface area contributed by atoms with E-state index in [1.54, 1.807) is 20.3 Å². The Labute approximate surface area is 117 Å². The molecule has 1 heterocycles. The van der Waals surface area contributed by atoms with E-state index in [2.05, 4.69) is 5.43 Å². The molecule has 1 aromatic rings. The molecule has 0 aromatic heterocycles. The lowest BCUT2D eigenvalue weighted by Crippen LogP contribution is -2.29. The number of hydrazine groups is 1. The summed E-state index contributed by atoms with van der Waals surface area (Å²) in [5, 5.41) is 0.468. The van der Waals surface area contributed by atoms with E-state index in [0.717, 1.165) is 17.7 Å². The second-order valence-electron chi connectivity index (χ2n) is 4.08. The maximum Gasteiger partial charge on any atom is 0.179 e. The second kappa shape index (κ2) is 6.14. The number of ether oxygens (including phenoxy) is 3. The minimum atomic E-state index is -0.250. The summed E-state index contributed by atoms with van der Waals surface area (Å²) in [5.41, 5.74) is 3.59. The molecule has 1 unspecified atom stereocenters. The van der Waals surface area contributed by atoms with E-state index in [0.29, 0.717) is 23.1 Å². The van der Waals surface area contributed by atoms with Crippen LogP contribution in [-0.2, 0) is 4.74 Å². The first-order chi connectivity index (χ1) is 9.21. The lowest BCUT2D eigenvalue weighted by molar-refractivity contribution is 0.215. The highest BCUT2D eigenvalue weighted by molar-refractivity contribution is 6.32. The van der Waals surface area contributed by atoms with Gasteiger partial charge in [-0.2, -0.15) is 0 Å². The molecule has 1 aromatic carbocycles. The molecule has 19 heavy (non-hydrogen) atoms. The van der Waals surface area contributed by atoms with Crippen molar-refractivity contribution in [3.05, 3.63) is 34.6 Å². The molecule has 1 atom stereocenters. The van der Waals surface area contributed by atoms with Gasteiger partial charge < -0.3 is 14.2 Å². The van der Waals surface area contributed by atoms with Gasteiger partial charge in [-0.05, 0) is 23.8 Å². The van der Waals surface area contributed by atoms with E-state index in [-0.39, 0.29) is 6.04 Å². The highest BCUT2D eigenvalue weighted by atomic mass is 35.5. The summed E-state index contributed by atoms with van der Waals surface area (Å²) in [7, 11) is 3.11. The number of benzene rings is 1. The van der Waals surface area contributed by atoms with Gasteiger partial charge in [-0.1, -0.05) is 11.6 Å². The Balaban J connectivity index is 2.40. The summed E-state index contributed by atoms with van der Waals surface area (Å²) in [6.45, 7) is 0.675. The lowest BCUT2D eigenvalue weighted by atomic mass is 10.0. The third kappa shape index (κ3) is 2.78. The van der Waals surface area contributed by atoms with Crippen LogP contribution in [-0.4, -0.2) is 20.8 Å². The van der Waals surface area contributed by atoms with Gasteiger partial charge in [0.2, 0.25) is 0 Å². The number of rotatable bonds is 5. The normalized spacial score (nSPS) is 15.7. The quantitative estimate of drug-likeness (QED) is 0.641. The van der Waals surface area contributed by atoms with Crippen LogP contribution in [0.4, 0.5) is 0 Å². The van der Waals surface area contributed by atoms with Crippen LogP contribution in [0, 0.1) is 0 Å². The zero-order valence-corrected chi connectivity index (χ0v) is 11.7. The summed E-state index contributed by atoms with van der Waals surface area (Å²) in [6.07, 6.45) is 2.89. The average molecular weight is 285 g/mol. The molecule has 2 rings (SSSR count). The first-order valence-electron chi connectivity index (χ1n) is 5.91. The molecule has 0 aliphatic carbocycles. The van der Waals surface area contributed by atoms with Crippen LogP contribution in [0.15, 0.2) is 24.0 Å². The van der Waals surface area contributed by atoms with Gasteiger partial charge >= 0.3 is 0 Å². The summed E-state index contributed by atoms with van der Waals surface area (Å²) in [5.74, 6) is 7.47. The molecule has 0 saturated heterocycles. The number of hydrogen-bond donors (Lipinski definition) is 2. The van der Waals surface area contributed by atoms with E-state index in [1.165, 1.54) is 0 Å². The molecule has 0 amide bonds. The maximum atomic E-state index is 6.19. The van der Waals surface area contributed by atoms with E-state index in [9.17, 15) is 0 Å². The minimum absolute atomic E-state index is 0.250. The van der Waals surface area contributed by atoms with Gasteiger partial charge in [-0.3, -0.25) is 5.84 Å². The molecule has 104 valence electrons. The number of halogens is 1. The highest BCUT2D eigenvalue weighted by Crippen LogP contribution is 2.39. The molecule has 5 nitrogen and oxygen atoms in total. The van der Waals surface area contributed by atoms with Crippen molar-refractivity contribution >= 4 is 11.6 Å². The molecule has 0 fully saturated rings. The number of nitrogens with two attached hydrogens (primary N) is 1. The standard InChI is InChI=1S/C13H17ClN2O3/c1-17-11-7-8(6-9(14)13(11)18-2)12(16-15)10-4-3-5-19-10/h4,6-7,12,16H,3,5,15H2,1-2H3. The van der Waals surface area contributed by atoms with Gasteiger partial charge in [-0.15, -0.1) is 0 Å². The van der Waals surface area contributed by atoms with Crippen LogP contribution in [0.5, 0.6) is 11.5 Å². The van der Waals surface area contributed by atoms with Crippen molar-refractivity contribution in [3.8, 4) is 11.5 Å². The average Bonchev–Trinajstić information content (AvgIpc) is 2.92. The summed E-state index contributed by atoms with van der Waals surface area (Å²) in [4.78, 5) is 0. The number of methoxy groups -OCH3 is 2. The van der Waals surface area contributed by atoms with E-state index in [1.807, 2.05) is 12.1 Å². The van der Waals surface area contributed by atoms with E-state index < -0.39 is 0 Å². The van der Waals surface area contributed by atoms with Gasteiger partial charge in [0.25, 0.3) is 0 Å². The molecule has 3 N–H and O–H groups in total. The molecule has 0 saturated carbocycles. The van der Waals surface area contributed by atoms with Gasteiger partial charge in [0.1, 0.15) is 11.8 Å². The van der Waals surface area contributed by atoms with Gasteiger partial charge in [0.15, 0.2) is 11.5 Å². The van der Waals surface area contributed by atoms with Gasteiger partial charge in [0, 0.05) is 6.42 Å². The first-order valence-corrected chi connectivity index (χ1v) is 6.29. The molecular weight excluding hydrogens is 268 g/mol. The van der Waals surface area contributed by atoms with Crippen molar-refractivity contribution in [1.82, 2.24) is 5.43 Å². The fraction of sp³-hybridized carbons (Fsp3) is 0.385. The van der Waals surface area contributed by atoms with Crippen molar-refractivity contribution < 1.29 is 14.2 Å². The van der Waals surface area contributed by atoms with Crippen molar-refractivity contribution in [2.75, 3.05) is 20.8 Å². The zero-order valence-electron chi connectivity index (χ0n) is 10.9. The third-order valence-electron chi connectivity index (χ3n) is 2.97. The third-order valence-corrected chi connectivity index (χ3v) is 3.25. The topological polar surface area (TPSA) is 65.7 Å². The predicted molar refractivity (Wildman–Crippen MR) is 73.3 cm³/mol. The van der Waals surface area contributed by atoms with Crippen molar-refractivity contribution in [2.45, 2.75) is 12.5 Å². The van der Waals surface area contributed by atoms with E-state index >= 15 is 0 Å². The van der Waals surface area contributed by atoms with Gasteiger partial charge in [0.05, 0.1) is 25.8 Å². The number of hydrogen-bond acceptors (Lipinski definition) is 5. The zero-order chi connectivity index (χ0) is 13.8. The largest absolute Gasteiger partial charge is 0.496 e. The second-order valence-corrected chi connectivity index (χ2v) is 4.49. The monoisotopic (exact) mass is 284 g/mol. The number of nitrogens with one attached hydrogen (secondary N) is 1. The Morgan fingerprint density at radius 2 is 2.16 bits per heavy atom. The molecule has 0 spiro atoms. The van der Waals surface area contributed by atoms with Crippen molar-refractivity contribution in [1.29, 1.82) is 0 Å². The molecule has 1 aliphatic heterocycles. The predicted octanol–water partition coefficient (Wildman–Crippen LogP) is 2.17. The fourth-order valence-electron chi connectivity index (χ4n) is 2.09. The summed E-state index contributed by atoms with van der Waals surface area (Å²) < 4.78 is 16.0. The summed E-state index contributed by atoms with van der Waals surface area (Å²) >= 11 is 6.19. The Morgan fingerprint density at radius 3 is 2.68 bits per heavy atom. The Morgan fingerprint density at radius 1 is 1.37 bits per heavy atom. The Kier molecular flexibility index (Phi) is 4.52. The van der Waals surface area contributed by atoms with Crippen molar-refractivity contribution in [3.63, 3.8) is 0 Å². The molecule has 1 aliphatic rings. The van der Waals surface area contributed by atoms with Gasteiger partial charge in [-0.25, -0.2) is 5.43 Å². The summed E-state index contributed by atoms with van der Waals surface area (Å²) in [6, 6.07) is 3.37. The molecular formula is C13H17ClN2O3. The van der Waals surface area contributed by atoms with Crippen LogP contribution < -0.4 is 20.7 Å². The Bertz CT molecular complexity index is 491. The SMILES string of the molecule is COc1cc(C(NN)C2=CCCO2)cc(Cl)c1OC. The van der Waals surface area contributed by atoms with Crippen LogP contribution >= 0.6 is 11.6 Å². The van der Waals surface area contributed by atoms with Crippen LogP contribution in [0.3, 0.4) is 0 Å². The first kappa shape index (κ1) is 14.0. The minimum Gasteiger partial charge on any atom is -0.496 e. The van der Waals surface area contributed by atoms with Crippen molar-refractivity contribution in [2.24, 2.45) is 5.84 Å². The van der Waals surface area contributed by atoms with Crippen LogP contribution in [0.25, 0.3) is 0 Å². The Hall–Kier alpha value is -1.43.